The SMILES string of the molecule is CCCNc1nc(OC)nc(Oc2cc(F)ccc2F)n1. The van der Waals surface area contributed by atoms with Crippen LogP contribution in [0.15, 0.2) is 18.2 Å². The molecule has 6 nitrogen and oxygen atoms in total. The molecular weight excluding hydrogens is 282 g/mol. The fourth-order valence-electron chi connectivity index (χ4n) is 1.44. The van der Waals surface area contributed by atoms with Gasteiger partial charge in [-0.3, -0.25) is 0 Å². The predicted molar refractivity (Wildman–Crippen MR) is 71.6 cm³/mol. The number of hydrogen-bond donors (Lipinski definition) is 1. The predicted octanol–water partition coefficient (Wildman–Crippen LogP) is 2.77. The lowest BCUT2D eigenvalue weighted by atomic mass is 10.3. The van der Waals surface area contributed by atoms with E-state index in [4.69, 9.17) is 9.47 Å². The largest absolute Gasteiger partial charge is 0.467 e. The first-order valence-corrected chi connectivity index (χ1v) is 6.29. The number of halogens is 2. The Morgan fingerprint density at radius 3 is 2.62 bits per heavy atom. The van der Waals surface area contributed by atoms with Gasteiger partial charge >= 0.3 is 12.0 Å². The zero-order valence-electron chi connectivity index (χ0n) is 11.6. The number of anilines is 1. The van der Waals surface area contributed by atoms with E-state index in [1.54, 1.807) is 0 Å². The first-order chi connectivity index (χ1) is 10.1. The van der Waals surface area contributed by atoms with E-state index in [0.717, 1.165) is 24.6 Å². The van der Waals surface area contributed by atoms with Gasteiger partial charge in [-0.1, -0.05) is 6.92 Å². The fraction of sp³-hybridized carbons (Fsp3) is 0.308. The van der Waals surface area contributed by atoms with Crippen LogP contribution >= 0.6 is 0 Å². The van der Waals surface area contributed by atoms with Crippen molar-refractivity contribution in [3.63, 3.8) is 0 Å². The summed E-state index contributed by atoms with van der Waals surface area (Å²) in [5, 5.41) is 2.93. The fourth-order valence-corrected chi connectivity index (χ4v) is 1.44. The van der Waals surface area contributed by atoms with Gasteiger partial charge in [-0.25, -0.2) is 8.78 Å². The molecule has 0 saturated carbocycles. The third-order valence-electron chi connectivity index (χ3n) is 2.40. The van der Waals surface area contributed by atoms with Crippen molar-refractivity contribution in [1.29, 1.82) is 0 Å². The van der Waals surface area contributed by atoms with E-state index in [2.05, 4.69) is 20.3 Å². The summed E-state index contributed by atoms with van der Waals surface area (Å²) >= 11 is 0. The number of nitrogens with one attached hydrogen (secondary N) is 1. The summed E-state index contributed by atoms with van der Waals surface area (Å²) in [6, 6.07) is 2.68. The smallest absolute Gasteiger partial charge is 0.330 e. The summed E-state index contributed by atoms with van der Waals surface area (Å²) in [7, 11) is 1.38. The standard InChI is InChI=1S/C13H14F2N4O2/c1-3-6-16-11-17-12(20-2)19-13(18-11)21-10-7-8(14)4-5-9(10)15/h4-5,7H,3,6H2,1-2H3,(H,16,17,18,19). The van der Waals surface area contributed by atoms with Crippen molar-refractivity contribution >= 4 is 5.95 Å². The first-order valence-electron chi connectivity index (χ1n) is 6.29. The van der Waals surface area contributed by atoms with E-state index < -0.39 is 11.6 Å². The van der Waals surface area contributed by atoms with Crippen molar-refractivity contribution in [2.75, 3.05) is 19.0 Å². The molecule has 0 atom stereocenters. The van der Waals surface area contributed by atoms with E-state index >= 15 is 0 Å². The highest BCUT2D eigenvalue weighted by molar-refractivity contribution is 5.31. The Morgan fingerprint density at radius 1 is 1.14 bits per heavy atom. The number of ether oxygens (including phenoxy) is 2. The lowest BCUT2D eigenvalue weighted by molar-refractivity contribution is 0.354. The lowest BCUT2D eigenvalue weighted by Crippen LogP contribution is -2.07. The molecule has 1 aromatic heterocycles. The highest BCUT2D eigenvalue weighted by Gasteiger charge is 2.12. The molecular formula is C13H14F2N4O2. The van der Waals surface area contributed by atoms with Crippen molar-refractivity contribution in [2.24, 2.45) is 0 Å². The molecule has 0 saturated heterocycles. The minimum Gasteiger partial charge on any atom is -0.467 e. The van der Waals surface area contributed by atoms with E-state index in [0.29, 0.717) is 6.54 Å². The molecule has 1 heterocycles. The Hall–Kier alpha value is -2.51. The maximum absolute atomic E-state index is 13.5. The van der Waals surface area contributed by atoms with Crippen LogP contribution in [0.3, 0.4) is 0 Å². The van der Waals surface area contributed by atoms with E-state index in [1.807, 2.05) is 6.92 Å². The number of nitrogens with zero attached hydrogens (tertiary/aromatic N) is 3. The van der Waals surface area contributed by atoms with Crippen LogP contribution in [0.2, 0.25) is 0 Å². The molecule has 0 aliphatic heterocycles. The number of hydrogen-bond acceptors (Lipinski definition) is 6. The molecule has 0 amide bonds. The highest BCUT2D eigenvalue weighted by atomic mass is 19.1. The maximum atomic E-state index is 13.5. The molecule has 8 heteroatoms. The van der Waals surface area contributed by atoms with Crippen LogP contribution in [0.25, 0.3) is 0 Å². The van der Waals surface area contributed by atoms with Gasteiger partial charge in [-0.05, 0) is 18.6 Å². The molecule has 0 bridgehead atoms. The van der Waals surface area contributed by atoms with Gasteiger partial charge in [0, 0.05) is 12.6 Å². The van der Waals surface area contributed by atoms with Crippen LogP contribution in [0, 0.1) is 11.6 Å². The molecule has 0 radical (unpaired) electrons. The summed E-state index contributed by atoms with van der Waals surface area (Å²) in [6.45, 7) is 2.62. The number of aromatic nitrogens is 3. The summed E-state index contributed by atoms with van der Waals surface area (Å²) in [6.07, 6.45) is 0.864. The minimum absolute atomic E-state index is 0.00964. The average Bonchev–Trinajstić information content (AvgIpc) is 2.48. The summed E-state index contributed by atoms with van der Waals surface area (Å²) in [5.41, 5.74) is 0. The minimum atomic E-state index is -0.723. The third-order valence-corrected chi connectivity index (χ3v) is 2.40. The quantitative estimate of drug-likeness (QED) is 0.884. The Morgan fingerprint density at radius 2 is 1.90 bits per heavy atom. The van der Waals surface area contributed by atoms with E-state index in [1.165, 1.54) is 7.11 Å². The van der Waals surface area contributed by atoms with Crippen molar-refractivity contribution < 1.29 is 18.3 Å². The van der Waals surface area contributed by atoms with Gasteiger partial charge in [-0.2, -0.15) is 9.97 Å². The van der Waals surface area contributed by atoms with Crippen LogP contribution in [0.4, 0.5) is 14.7 Å². The lowest BCUT2D eigenvalue weighted by Gasteiger charge is -2.08. The molecule has 2 rings (SSSR count). The Labute approximate surface area is 120 Å². The molecule has 21 heavy (non-hydrogen) atoms. The summed E-state index contributed by atoms with van der Waals surface area (Å²) in [4.78, 5) is 11.8. The van der Waals surface area contributed by atoms with Gasteiger partial charge < -0.3 is 14.8 Å². The molecule has 2 aromatic rings. The molecule has 1 N–H and O–H groups in total. The van der Waals surface area contributed by atoms with Crippen molar-refractivity contribution in [3.05, 3.63) is 29.8 Å². The van der Waals surface area contributed by atoms with Gasteiger partial charge in [0.1, 0.15) is 5.82 Å². The van der Waals surface area contributed by atoms with Gasteiger partial charge in [0.2, 0.25) is 5.95 Å². The first kappa shape index (κ1) is 14.9. The highest BCUT2D eigenvalue weighted by Crippen LogP contribution is 2.24. The molecule has 0 fully saturated rings. The van der Waals surface area contributed by atoms with Gasteiger partial charge in [0.05, 0.1) is 7.11 Å². The second-order valence-electron chi connectivity index (χ2n) is 4.03. The Balaban J connectivity index is 2.27. The van der Waals surface area contributed by atoms with Gasteiger partial charge in [0.15, 0.2) is 11.6 Å². The van der Waals surface area contributed by atoms with Crippen LogP contribution in [-0.4, -0.2) is 28.6 Å². The Bertz CT molecular complexity index is 625. The van der Waals surface area contributed by atoms with E-state index in [-0.39, 0.29) is 23.7 Å². The van der Waals surface area contributed by atoms with Crippen LogP contribution in [0.1, 0.15) is 13.3 Å². The van der Waals surface area contributed by atoms with Crippen molar-refractivity contribution in [1.82, 2.24) is 15.0 Å². The third kappa shape index (κ3) is 3.98. The number of benzene rings is 1. The Kier molecular flexibility index (Phi) is 4.81. The molecule has 112 valence electrons. The second kappa shape index (κ2) is 6.78. The molecule has 0 aliphatic carbocycles. The topological polar surface area (TPSA) is 69.2 Å². The van der Waals surface area contributed by atoms with Crippen molar-refractivity contribution in [2.45, 2.75) is 13.3 Å². The monoisotopic (exact) mass is 296 g/mol. The van der Waals surface area contributed by atoms with Crippen LogP contribution in [-0.2, 0) is 0 Å². The molecule has 0 aliphatic rings. The number of methoxy groups -OCH3 is 1. The van der Waals surface area contributed by atoms with Crippen molar-refractivity contribution in [3.8, 4) is 17.8 Å². The zero-order chi connectivity index (χ0) is 15.2. The number of rotatable bonds is 6. The van der Waals surface area contributed by atoms with Gasteiger partial charge in [-0.15, -0.1) is 4.98 Å². The zero-order valence-corrected chi connectivity index (χ0v) is 11.6. The molecule has 0 unspecified atom stereocenters. The molecule has 1 aromatic carbocycles. The van der Waals surface area contributed by atoms with Gasteiger partial charge in [0.25, 0.3) is 0 Å². The maximum Gasteiger partial charge on any atom is 0.330 e. The summed E-state index contributed by atoms with van der Waals surface area (Å²) in [5.74, 6) is -1.43. The van der Waals surface area contributed by atoms with Crippen LogP contribution in [0.5, 0.6) is 17.8 Å². The second-order valence-corrected chi connectivity index (χ2v) is 4.03. The average molecular weight is 296 g/mol. The normalized spacial score (nSPS) is 10.3. The molecule has 0 spiro atoms. The van der Waals surface area contributed by atoms with Crippen LogP contribution < -0.4 is 14.8 Å². The van der Waals surface area contributed by atoms with E-state index in [9.17, 15) is 8.78 Å². The summed E-state index contributed by atoms with van der Waals surface area (Å²) < 4.78 is 36.7.